The van der Waals surface area contributed by atoms with Crippen molar-refractivity contribution in [1.29, 1.82) is 0 Å². The average molecular weight is 629 g/mol. The van der Waals surface area contributed by atoms with Crippen molar-refractivity contribution >= 4 is 67.0 Å². The van der Waals surface area contributed by atoms with Crippen LogP contribution in [-0.4, -0.2) is 40.4 Å². The monoisotopic (exact) mass is 627 g/mol. The molecule has 0 aliphatic carbocycles. The number of nitrogens with zero attached hydrogens (tertiary/aromatic N) is 2. The minimum atomic E-state index is -3.68. The Bertz CT molecular complexity index is 1420. The van der Waals surface area contributed by atoms with E-state index in [0.717, 1.165) is 21.7 Å². The third kappa shape index (κ3) is 8.10. The Kier molecular flexibility index (Phi) is 9.83. The van der Waals surface area contributed by atoms with Crippen LogP contribution in [0.2, 0.25) is 10.0 Å². The Balaban J connectivity index is 1.67. The Morgan fingerprint density at radius 1 is 1.11 bits per heavy atom. The molecule has 0 aromatic heterocycles. The third-order valence-electron chi connectivity index (χ3n) is 5.03. The minimum absolute atomic E-state index is 0.229. The molecule has 0 atom stereocenters. The Morgan fingerprint density at radius 3 is 2.43 bits per heavy atom. The molecule has 0 spiro atoms. The number of carbonyl (C=O) groups is 1. The first-order valence-corrected chi connectivity index (χ1v) is 14.2. The summed E-state index contributed by atoms with van der Waals surface area (Å²) in [6.07, 6.45) is 2.45. The molecule has 0 unspecified atom stereocenters. The van der Waals surface area contributed by atoms with Gasteiger partial charge in [-0.25, -0.2) is 13.8 Å². The van der Waals surface area contributed by atoms with E-state index in [1.165, 1.54) is 13.3 Å². The highest BCUT2D eigenvalue weighted by Gasteiger charge is 2.20. The van der Waals surface area contributed by atoms with Gasteiger partial charge in [-0.3, -0.25) is 9.10 Å². The van der Waals surface area contributed by atoms with Crippen LogP contribution in [0.3, 0.4) is 0 Å². The summed E-state index contributed by atoms with van der Waals surface area (Å²) in [6, 6.07) is 15.5. The van der Waals surface area contributed by atoms with E-state index in [-0.39, 0.29) is 6.61 Å². The van der Waals surface area contributed by atoms with Gasteiger partial charge in [-0.1, -0.05) is 47.0 Å². The fourth-order valence-corrected chi connectivity index (χ4v) is 4.95. The molecule has 0 saturated heterocycles. The summed E-state index contributed by atoms with van der Waals surface area (Å²) in [5, 5.41) is 4.84. The van der Waals surface area contributed by atoms with E-state index in [1.807, 2.05) is 13.0 Å². The van der Waals surface area contributed by atoms with Crippen LogP contribution < -0.4 is 19.2 Å². The van der Waals surface area contributed by atoms with E-state index in [9.17, 15) is 13.2 Å². The second-order valence-electron chi connectivity index (χ2n) is 7.97. The predicted molar refractivity (Wildman–Crippen MR) is 151 cm³/mol. The van der Waals surface area contributed by atoms with Crippen molar-refractivity contribution in [3.63, 3.8) is 0 Å². The summed E-state index contributed by atoms with van der Waals surface area (Å²) in [7, 11) is -2.18. The summed E-state index contributed by atoms with van der Waals surface area (Å²) >= 11 is 15.5. The van der Waals surface area contributed by atoms with Gasteiger partial charge in [0.05, 0.1) is 39.8 Å². The number of anilines is 1. The molecule has 8 nitrogen and oxygen atoms in total. The van der Waals surface area contributed by atoms with Crippen LogP contribution >= 0.6 is 39.1 Å². The second-order valence-corrected chi connectivity index (χ2v) is 11.5. The molecule has 0 saturated carbocycles. The van der Waals surface area contributed by atoms with E-state index in [2.05, 4.69) is 26.5 Å². The molecule has 196 valence electrons. The highest BCUT2D eigenvalue weighted by Crippen LogP contribution is 2.37. The zero-order valence-electron chi connectivity index (χ0n) is 20.2. The molecule has 3 aromatic carbocycles. The Morgan fingerprint density at radius 2 is 1.81 bits per heavy atom. The predicted octanol–water partition coefficient (Wildman–Crippen LogP) is 5.57. The maximum Gasteiger partial charge on any atom is 0.260 e. The highest BCUT2D eigenvalue weighted by atomic mass is 79.9. The number of amides is 1. The van der Waals surface area contributed by atoms with E-state index >= 15 is 0 Å². The van der Waals surface area contributed by atoms with Gasteiger partial charge in [-0.05, 0) is 70.4 Å². The molecule has 0 heterocycles. The number of hydrogen-bond acceptors (Lipinski definition) is 6. The molecule has 0 aliphatic rings. The van der Waals surface area contributed by atoms with Gasteiger partial charge in [-0.15, -0.1) is 0 Å². The number of hydrazone groups is 1. The average Bonchev–Trinajstić information content (AvgIpc) is 2.83. The number of aryl methyl sites for hydroxylation is 1. The summed E-state index contributed by atoms with van der Waals surface area (Å²) in [5.74, 6) is 0.302. The van der Waals surface area contributed by atoms with Gasteiger partial charge in [0, 0.05) is 0 Å². The van der Waals surface area contributed by atoms with Crippen LogP contribution in [0.4, 0.5) is 5.69 Å². The van der Waals surface area contributed by atoms with Crippen molar-refractivity contribution in [2.24, 2.45) is 5.10 Å². The number of benzene rings is 3. The van der Waals surface area contributed by atoms with Crippen molar-refractivity contribution in [1.82, 2.24) is 5.43 Å². The van der Waals surface area contributed by atoms with Crippen LogP contribution in [-0.2, 0) is 21.4 Å². The SMILES string of the molecule is COc1cc(/C=N\NC(=O)CN(c2ccc(C)cc2)S(C)(=O)=O)cc(Br)c1OCc1ccc(Cl)c(Cl)c1. The van der Waals surface area contributed by atoms with Crippen molar-refractivity contribution in [2.75, 3.05) is 24.2 Å². The quantitative estimate of drug-likeness (QED) is 0.234. The summed E-state index contributed by atoms with van der Waals surface area (Å²) in [4.78, 5) is 12.4. The molecule has 0 fully saturated rings. The number of ether oxygens (including phenoxy) is 2. The fraction of sp³-hybridized carbons (Fsp3) is 0.200. The highest BCUT2D eigenvalue weighted by molar-refractivity contribution is 9.10. The topological polar surface area (TPSA) is 97.3 Å². The molecule has 1 amide bonds. The van der Waals surface area contributed by atoms with Gasteiger partial charge in [0.15, 0.2) is 11.5 Å². The lowest BCUT2D eigenvalue weighted by Crippen LogP contribution is -2.39. The number of sulfonamides is 1. The van der Waals surface area contributed by atoms with Crippen molar-refractivity contribution < 1.29 is 22.7 Å². The molecule has 0 radical (unpaired) electrons. The number of halogens is 3. The molecule has 12 heteroatoms. The largest absolute Gasteiger partial charge is 0.493 e. The first-order chi connectivity index (χ1) is 17.5. The molecule has 37 heavy (non-hydrogen) atoms. The molecular formula is C25H24BrCl2N3O5S. The van der Waals surface area contributed by atoms with Gasteiger partial charge in [-0.2, -0.15) is 5.10 Å². The zero-order chi connectivity index (χ0) is 27.2. The Labute approximate surface area is 234 Å². The fourth-order valence-electron chi connectivity index (χ4n) is 3.19. The number of carbonyl (C=O) groups excluding carboxylic acids is 1. The zero-order valence-corrected chi connectivity index (χ0v) is 24.1. The maximum absolute atomic E-state index is 12.4. The van der Waals surface area contributed by atoms with Gasteiger partial charge in [0.2, 0.25) is 10.0 Å². The normalized spacial score (nSPS) is 11.4. The molecular weight excluding hydrogens is 605 g/mol. The van der Waals surface area contributed by atoms with E-state index in [1.54, 1.807) is 48.5 Å². The van der Waals surface area contributed by atoms with Crippen molar-refractivity contribution in [2.45, 2.75) is 13.5 Å². The summed E-state index contributed by atoms with van der Waals surface area (Å²) in [6.45, 7) is 1.69. The minimum Gasteiger partial charge on any atom is -0.493 e. The van der Waals surface area contributed by atoms with Gasteiger partial charge in [0.25, 0.3) is 5.91 Å². The van der Waals surface area contributed by atoms with Crippen molar-refractivity contribution in [3.8, 4) is 11.5 Å². The maximum atomic E-state index is 12.4. The molecule has 1 N–H and O–H groups in total. The van der Waals surface area contributed by atoms with E-state index in [0.29, 0.717) is 37.3 Å². The van der Waals surface area contributed by atoms with Crippen LogP contribution in [0.15, 0.2) is 64.2 Å². The molecule has 3 aromatic rings. The smallest absolute Gasteiger partial charge is 0.260 e. The van der Waals surface area contributed by atoms with Gasteiger partial charge >= 0.3 is 0 Å². The lowest BCUT2D eigenvalue weighted by molar-refractivity contribution is -0.119. The first kappa shape index (κ1) is 28.8. The van der Waals surface area contributed by atoms with Crippen LogP contribution in [0.25, 0.3) is 0 Å². The number of methoxy groups -OCH3 is 1. The molecule has 3 rings (SSSR count). The van der Waals surface area contributed by atoms with Crippen LogP contribution in [0, 0.1) is 6.92 Å². The van der Waals surface area contributed by atoms with Crippen LogP contribution in [0.1, 0.15) is 16.7 Å². The number of nitrogens with one attached hydrogen (secondary N) is 1. The lowest BCUT2D eigenvalue weighted by atomic mass is 10.2. The molecule has 0 bridgehead atoms. The standard InChI is InChI=1S/C25H24BrCl2N3O5S/c1-16-4-7-19(8-5-16)31(37(3,33)34)14-24(32)30-29-13-18-10-20(26)25(23(12-18)35-2)36-15-17-6-9-21(27)22(28)11-17/h4-13H,14-15H2,1-3H3,(H,30,32)/b29-13-. The van der Waals surface area contributed by atoms with Gasteiger partial charge < -0.3 is 9.47 Å². The summed E-state index contributed by atoms with van der Waals surface area (Å²) in [5.41, 5.74) is 5.14. The second kappa shape index (κ2) is 12.6. The first-order valence-electron chi connectivity index (χ1n) is 10.8. The number of hydrogen-bond donors (Lipinski definition) is 1. The van der Waals surface area contributed by atoms with Gasteiger partial charge in [0.1, 0.15) is 13.2 Å². The molecule has 0 aliphatic heterocycles. The van der Waals surface area contributed by atoms with Crippen molar-refractivity contribution in [3.05, 3.63) is 85.8 Å². The summed E-state index contributed by atoms with van der Waals surface area (Å²) < 4.78 is 37.4. The van der Waals surface area contributed by atoms with Crippen LogP contribution in [0.5, 0.6) is 11.5 Å². The Hall–Kier alpha value is -2.79. The van der Waals surface area contributed by atoms with E-state index < -0.39 is 22.5 Å². The number of rotatable bonds is 10. The third-order valence-corrected chi connectivity index (χ3v) is 7.50. The van der Waals surface area contributed by atoms with E-state index in [4.69, 9.17) is 32.7 Å². The lowest BCUT2D eigenvalue weighted by Gasteiger charge is -2.21.